The van der Waals surface area contributed by atoms with E-state index in [0.717, 1.165) is 5.56 Å². The van der Waals surface area contributed by atoms with E-state index in [4.69, 9.17) is 4.74 Å². The van der Waals surface area contributed by atoms with E-state index in [9.17, 15) is 9.59 Å². The topological polar surface area (TPSA) is 71.2 Å². The Hall–Kier alpha value is -2.56. The van der Waals surface area contributed by atoms with Crippen LogP contribution < -0.4 is 10.1 Å². The van der Waals surface area contributed by atoms with Gasteiger partial charge in [0.15, 0.2) is 12.0 Å². The zero-order chi connectivity index (χ0) is 14.5. The fraction of sp³-hybridized carbons (Fsp3) is 0.200. The summed E-state index contributed by atoms with van der Waals surface area (Å²) < 4.78 is 5.79. The van der Waals surface area contributed by atoms with E-state index < -0.39 is 0 Å². The smallest absolute Gasteiger partial charge is 0.271 e. The molecule has 0 radical (unpaired) electrons. The summed E-state index contributed by atoms with van der Waals surface area (Å²) in [4.78, 5) is 25.3. The number of benzene rings is 1. The Morgan fingerprint density at radius 2 is 2.05 bits per heavy atom. The molecule has 0 saturated carbocycles. The van der Waals surface area contributed by atoms with Crippen molar-refractivity contribution in [3.8, 4) is 5.75 Å². The molecule has 1 atom stereocenters. The molecule has 1 unspecified atom stereocenters. The van der Waals surface area contributed by atoms with Crippen LogP contribution in [0.2, 0.25) is 0 Å². The number of nitrogens with one attached hydrogen (secondary N) is 2. The van der Waals surface area contributed by atoms with Gasteiger partial charge in [-0.2, -0.15) is 0 Å². The Kier molecular flexibility index (Phi) is 4.20. The minimum Gasteiger partial charge on any atom is -0.484 e. The van der Waals surface area contributed by atoms with E-state index in [1.165, 1.54) is 13.1 Å². The van der Waals surface area contributed by atoms with Crippen molar-refractivity contribution in [1.29, 1.82) is 0 Å². The van der Waals surface area contributed by atoms with E-state index >= 15 is 0 Å². The van der Waals surface area contributed by atoms with Crippen LogP contribution in [0.1, 0.15) is 39.6 Å². The lowest BCUT2D eigenvalue weighted by Gasteiger charge is -2.14. The standard InChI is InChI=1S/C15H16N2O3/c1-10(11-6-4-3-5-7-11)20-13-8-12(9-18)17-14(13)15(19)16-2/h3-10,17H,1-2H3,(H,16,19). The van der Waals surface area contributed by atoms with Crippen LogP contribution in [0.4, 0.5) is 0 Å². The molecular weight excluding hydrogens is 256 g/mol. The molecule has 2 N–H and O–H groups in total. The average Bonchev–Trinajstić information content (AvgIpc) is 2.90. The summed E-state index contributed by atoms with van der Waals surface area (Å²) >= 11 is 0. The van der Waals surface area contributed by atoms with Gasteiger partial charge in [-0.1, -0.05) is 30.3 Å². The SMILES string of the molecule is CNC(=O)c1[nH]c(C=O)cc1OC(C)c1ccccc1. The Morgan fingerprint density at radius 1 is 1.35 bits per heavy atom. The van der Waals surface area contributed by atoms with E-state index in [-0.39, 0.29) is 17.7 Å². The molecule has 5 heteroatoms. The molecule has 0 bridgehead atoms. The third-order valence-electron chi connectivity index (χ3n) is 2.96. The van der Waals surface area contributed by atoms with Gasteiger partial charge in [-0.25, -0.2) is 0 Å². The van der Waals surface area contributed by atoms with Crippen LogP contribution in [0.5, 0.6) is 5.75 Å². The molecule has 0 aliphatic carbocycles. The molecule has 0 spiro atoms. The molecule has 2 aromatic rings. The molecule has 0 aliphatic rings. The van der Waals surface area contributed by atoms with Crippen molar-refractivity contribution in [2.75, 3.05) is 7.05 Å². The normalized spacial score (nSPS) is 11.7. The molecule has 1 heterocycles. The summed E-state index contributed by atoms with van der Waals surface area (Å²) in [5.41, 5.74) is 1.54. The highest BCUT2D eigenvalue weighted by atomic mass is 16.5. The largest absolute Gasteiger partial charge is 0.484 e. The van der Waals surface area contributed by atoms with Gasteiger partial charge in [-0.15, -0.1) is 0 Å². The zero-order valence-corrected chi connectivity index (χ0v) is 11.3. The van der Waals surface area contributed by atoms with Crippen molar-refractivity contribution in [3.05, 3.63) is 53.3 Å². The van der Waals surface area contributed by atoms with E-state index in [1.807, 2.05) is 37.3 Å². The van der Waals surface area contributed by atoms with Crippen LogP contribution in [-0.2, 0) is 0 Å². The van der Waals surface area contributed by atoms with Crippen molar-refractivity contribution < 1.29 is 14.3 Å². The number of carbonyl (C=O) groups excluding carboxylic acids is 2. The summed E-state index contributed by atoms with van der Waals surface area (Å²) in [7, 11) is 1.52. The highest BCUT2D eigenvalue weighted by Gasteiger charge is 2.18. The number of H-pyrrole nitrogens is 1. The molecule has 20 heavy (non-hydrogen) atoms. The first kappa shape index (κ1) is 13.9. The van der Waals surface area contributed by atoms with Gasteiger partial charge < -0.3 is 15.0 Å². The number of hydrogen-bond donors (Lipinski definition) is 2. The molecule has 1 aromatic heterocycles. The number of hydrogen-bond acceptors (Lipinski definition) is 3. The Morgan fingerprint density at radius 3 is 2.65 bits per heavy atom. The number of rotatable bonds is 5. The number of aromatic amines is 1. The fourth-order valence-electron chi connectivity index (χ4n) is 1.89. The second-order valence-electron chi connectivity index (χ2n) is 4.33. The van der Waals surface area contributed by atoms with Crippen LogP contribution in [0.25, 0.3) is 0 Å². The van der Waals surface area contributed by atoms with Crippen LogP contribution in [0.3, 0.4) is 0 Å². The average molecular weight is 272 g/mol. The maximum Gasteiger partial charge on any atom is 0.271 e. The third kappa shape index (κ3) is 2.88. The van der Waals surface area contributed by atoms with Gasteiger partial charge in [-0.3, -0.25) is 9.59 Å². The quantitative estimate of drug-likeness (QED) is 0.821. The summed E-state index contributed by atoms with van der Waals surface area (Å²) in [6.07, 6.45) is 0.418. The Balaban J connectivity index is 2.26. The summed E-state index contributed by atoms with van der Waals surface area (Å²) in [6, 6.07) is 11.2. The van der Waals surface area contributed by atoms with Crippen LogP contribution in [-0.4, -0.2) is 24.2 Å². The highest BCUT2D eigenvalue weighted by molar-refractivity contribution is 5.96. The summed E-state index contributed by atoms with van der Waals surface area (Å²) in [5, 5.41) is 2.51. The lowest BCUT2D eigenvalue weighted by atomic mass is 10.1. The molecular formula is C15H16N2O3. The van der Waals surface area contributed by atoms with Crippen molar-refractivity contribution in [1.82, 2.24) is 10.3 Å². The van der Waals surface area contributed by atoms with Gasteiger partial charge in [0.2, 0.25) is 0 Å². The maximum atomic E-state index is 11.7. The number of aromatic nitrogens is 1. The van der Waals surface area contributed by atoms with Crippen molar-refractivity contribution in [3.63, 3.8) is 0 Å². The zero-order valence-electron chi connectivity index (χ0n) is 11.3. The predicted octanol–water partition coefficient (Wildman–Crippen LogP) is 2.33. The highest BCUT2D eigenvalue weighted by Crippen LogP contribution is 2.26. The first-order valence-corrected chi connectivity index (χ1v) is 6.27. The van der Waals surface area contributed by atoms with Gasteiger partial charge in [0, 0.05) is 13.1 Å². The van der Waals surface area contributed by atoms with E-state index in [2.05, 4.69) is 10.3 Å². The van der Waals surface area contributed by atoms with Crippen molar-refractivity contribution in [2.45, 2.75) is 13.0 Å². The number of aldehydes is 1. The second kappa shape index (κ2) is 6.06. The first-order valence-electron chi connectivity index (χ1n) is 6.27. The molecule has 5 nitrogen and oxygen atoms in total. The van der Waals surface area contributed by atoms with Crippen LogP contribution in [0.15, 0.2) is 36.4 Å². The maximum absolute atomic E-state index is 11.7. The fourth-order valence-corrected chi connectivity index (χ4v) is 1.89. The number of carbonyl (C=O) groups is 2. The van der Waals surface area contributed by atoms with Gasteiger partial charge >= 0.3 is 0 Å². The van der Waals surface area contributed by atoms with Gasteiger partial charge in [0.25, 0.3) is 5.91 Å². The van der Waals surface area contributed by atoms with Crippen LogP contribution >= 0.6 is 0 Å². The summed E-state index contributed by atoms with van der Waals surface area (Å²) in [6.45, 7) is 1.89. The van der Waals surface area contributed by atoms with Gasteiger partial charge in [0.05, 0.1) is 5.69 Å². The molecule has 2 rings (SSSR count). The predicted molar refractivity (Wildman–Crippen MR) is 75.1 cm³/mol. The van der Waals surface area contributed by atoms with E-state index in [0.29, 0.717) is 17.7 Å². The molecule has 0 fully saturated rings. The lowest BCUT2D eigenvalue weighted by Crippen LogP contribution is -2.19. The molecule has 1 aromatic carbocycles. The third-order valence-corrected chi connectivity index (χ3v) is 2.96. The molecule has 104 valence electrons. The summed E-state index contributed by atoms with van der Waals surface area (Å²) in [5.74, 6) is 0.0381. The van der Waals surface area contributed by atoms with Gasteiger partial charge in [-0.05, 0) is 12.5 Å². The number of amides is 1. The molecule has 1 amide bonds. The van der Waals surface area contributed by atoms with Crippen molar-refractivity contribution >= 4 is 12.2 Å². The second-order valence-corrected chi connectivity index (χ2v) is 4.33. The Labute approximate surface area is 117 Å². The minimum absolute atomic E-state index is 0.227. The monoisotopic (exact) mass is 272 g/mol. The lowest BCUT2D eigenvalue weighted by molar-refractivity contribution is 0.0952. The Bertz CT molecular complexity index is 605. The molecule has 0 aliphatic heterocycles. The van der Waals surface area contributed by atoms with E-state index in [1.54, 1.807) is 0 Å². The number of ether oxygens (including phenoxy) is 1. The first-order chi connectivity index (χ1) is 9.65. The van der Waals surface area contributed by atoms with Gasteiger partial charge in [0.1, 0.15) is 11.8 Å². The van der Waals surface area contributed by atoms with Crippen LogP contribution in [0, 0.1) is 0 Å². The minimum atomic E-state index is -0.326. The van der Waals surface area contributed by atoms with Crippen molar-refractivity contribution in [2.24, 2.45) is 0 Å². The molecule has 0 saturated heterocycles.